The maximum atomic E-state index is 7.21. The van der Waals surface area contributed by atoms with Gasteiger partial charge in [0.25, 0.3) is 0 Å². The fraction of sp³-hybridized carbons (Fsp3) is 0.250. The topological polar surface area (TPSA) is 0 Å². The molecule has 2 aromatic rings. The summed E-state index contributed by atoms with van der Waals surface area (Å²) in [6, 6.07) is 21.1. The summed E-state index contributed by atoms with van der Waals surface area (Å²) in [5, 5.41) is 2.63. The quantitative estimate of drug-likeness (QED) is 0.584. The molecule has 0 fully saturated rings. The van der Waals surface area contributed by atoms with Gasteiger partial charge < -0.3 is 0 Å². The van der Waals surface area contributed by atoms with E-state index in [4.69, 9.17) is 11.1 Å². The molecule has 2 aromatic carbocycles. The van der Waals surface area contributed by atoms with E-state index in [0.29, 0.717) is 0 Å². The van der Waals surface area contributed by atoms with Gasteiger partial charge in [-0.05, 0) is 15.4 Å². The Morgan fingerprint density at radius 2 is 1.05 bits per heavy atom. The summed E-state index contributed by atoms with van der Waals surface area (Å²) in [6.07, 6.45) is 0. The standard InChI is InChI=1S/C16H19ClSi.Ar/c1-16(2,3)18(17,14-10-6-4-7-11-14)15-12-8-5-9-13-15;/h4-13H,1-3H3;. The van der Waals surface area contributed by atoms with E-state index in [1.807, 2.05) is 12.1 Å². The minimum absolute atomic E-state index is 0. The Balaban J connectivity index is 0.00000180. The van der Waals surface area contributed by atoms with Gasteiger partial charge in [-0.1, -0.05) is 81.4 Å². The molecule has 0 heterocycles. The van der Waals surface area contributed by atoms with E-state index in [-0.39, 0.29) is 42.8 Å². The van der Waals surface area contributed by atoms with Crippen LogP contribution in [0.2, 0.25) is 5.04 Å². The maximum Gasteiger partial charge on any atom is 0.222 e. The summed E-state index contributed by atoms with van der Waals surface area (Å²) >= 11 is 7.21. The molecular formula is C16H19ArClSi. The zero-order valence-electron chi connectivity index (χ0n) is 11.5. The van der Waals surface area contributed by atoms with Crippen molar-refractivity contribution in [2.24, 2.45) is 0 Å². The van der Waals surface area contributed by atoms with Gasteiger partial charge in [0, 0.05) is 37.7 Å². The van der Waals surface area contributed by atoms with Crippen LogP contribution in [-0.4, -0.2) is 7.38 Å². The van der Waals surface area contributed by atoms with E-state index in [9.17, 15) is 0 Å². The van der Waals surface area contributed by atoms with Crippen molar-refractivity contribution in [1.29, 1.82) is 0 Å². The van der Waals surface area contributed by atoms with Gasteiger partial charge in [0.1, 0.15) is 0 Å². The van der Waals surface area contributed by atoms with Gasteiger partial charge in [0.05, 0.1) is 0 Å². The van der Waals surface area contributed by atoms with Gasteiger partial charge in [-0.15, -0.1) is 0 Å². The molecule has 0 saturated carbocycles. The summed E-state index contributed by atoms with van der Waals surface area (Å²) in [6.45, 7) is 6.73. The Morgan fingerprint density at radius 3 is 1.32 bits per heavy atom. The predicted molar refractivity (Wildman–Crippen MR) is 83.5 cm³/mol. The molecule has 0 radical (unpaired) electrons. The van der Waals surface area contributed by atoms with Crippen LogP contribution in [0, 0.1) is 37.7 Å². The Morgan fingerprint density at radius 1 is 0.737 bits per heavy atom. The molecule has 0 saturated heterocycles. The molecule has 0 N–H and O–H groups in total. The molecular weight excluding hydrogens is 296 g/mol. The van der Waals surface area contributed by atoms with Gasteiger partial charge in [-0.2, -0.15) is 11.1 Å². The molecule has 0 atom stereocenters. The van der Waals surface area contributed by atoms with Crippen molar-refractivity contribution in [3.05, 3.63) is 60.7 Å². The molecule has 0 aliphatic carbocycles. The maximum absolute atomic E-state index is 7.21. The first-order valence-corrected chi connectivity index (χ1v) is 9.27. The van der Waals surface area contributed by atoms with Crippen LogP contribution in [0.25, 0.3) is 0 Å². The van der Waals surface area contributed by atoms with Crippen molar-refractivity contribution in [3.63, 3.8) is 0 Å². The van der Waals surface area contributed by atoms with E-state index in [1.165, 1.54) is 10.4 Å². The van der Waals surface area contributed by atoms with Gasteiger partial charge in [-0.3, -0.25) is 0 Å². The molecule has 0 nitrogen and oxygen atoms in total. The molecule has 0 unspecified atom stereocenters. The Bertz CT molecular complexity index is 466. The molecule has 0 bridgehead atoms. The first-order valence-electron chi connectivity index (χ1n) is 6.26. The monoisotopic (exact) mass is 314 g/mol. The number of rotatable bonds is 2. The SMILES string of the molecule is CC(C)(C)[Si](Cl)(c1ccccc1)c1ccccc1.[Ar]. The summed E-state index contributed by atoms with van der Waals surface area (Å²) < 4.78 is 0. The van der Waals surface area contributed by atoms with Crippen molar-refractivity contribution in [3.8, 4) is 0 Å². The molecule has 19 heavy (non-hydrogen) atoms. The zero-order chi connectivity index (χ0) is 13.2. The van der Waals surface area contributed by atoms with Crippen LogP contribution in [0.15, 0.2) is 60.7 Å². The third-order valence-corrected chi connectivity index (χ3v) is 10.7. The minimum Gasteiger partial charge on any atom is -0.154 e. The first kappa shape index (κ1) is 17.3. The van der Waals surface area contributed by atoms with E-state index < -0.39 is 7.38 Å². The summed E-state index contributed by atoms with van der Waals surface area (Å²) in [4.78, 5) is 0. The van der Waals surface area contributed by atoms with Gasteiger partial charge in [0.15, 0.2) is 0 Å². The van der Waals surface area contributed by atoms with Crippen LogP contribution in [0.5, 0.6) is 0 Å². The molecule has 0 amide bonds. The van der Waals surface area contributed by atoms with E-state index in [2.05, 4.69) is 69.3 Å². The zero-order valence-corrected chi connectivity index (χ0v) is 14.0. The molecule has 0 aliphatic rings. The van der Waals surface area contributed by atoms with E-state index >= 15 is 0 Å². The molecule has 102 valence electrons. The molecule has 3 heteroatoms. The third-order valence-electron chi connectivity index (χ3n) is 3.38. The van der Waals surface area contributed by atoms with Gasteiger partial charge in [-0.25, -0.2) is 0 Å². The van der Waals surface area contributed by atoms with Crippen LogP contribution in [-0.2, 0) is 0 Å². The summed E-state index contributed by atoms with van der Waals surface area (Å²) in [7, 11) is -2.23. The van der Waals surface area contributed by atoms with E-state index in [0.717, 1.165) is 0 Å². The fourth-order valence-corrected chi connectivity index (χ4v) is 6.49. The van der Waals surface area contributed by atoms with Crippen LogP contribution in [0.4, 0.5) is 0 Å². The fourth-order valence-electron chi connectivity index (χ4n) is 2.37. The van der Waals surface area contributed by atoms with Crippen LogP contribution in [0.3, 0.4) is 0 Å². The van der Waals surface area contributed by atoms with Gasteiger partial charge >= 0.3 is 0 Å². The first-order chi connectivity index (χ1) is 8.46. The molecule has 2 rings (SSSR count). The van der Waals surface area contributed by atoms with Crippen LogP contribution in [0.1, 0.15) is 20.8 Å². The average Bonchev–Trinajstić information content (AvgIpc) is 2.38. The second-order valence-electron chi connectivity index (χ2n) is 5.64. The van der Waals surface area contributed by atoms with Crippen LogP contribution < -0.4 is 10.4 Å². The van der Waals surface area contributed by atoms with Crippen molar-refractivity contribution in [2.75, 3.05) is 0 Å². The Hall–Kier alpha value is 0.207. The molecule has 0 aliphatic heterocycles. The average molecular weight is 315 g/mol. The molecule has 0 spiro atoms. The predicted octanol–water partition coefficient (Wildman–Crippen LogP) is 3.79. The second kappa shape index (κ2) is 6.78. The normalized spacial score (nSPS) is 11.8. The largest absolute Gasteiger partial charge is 0.222 e. The Kier molecular flexibility index (Phi) is 6.15. The van der Waals surface area contributed by atoms with Crippen molar-refractivity contribution < 1.29 is 37.7 Å². The molecule has 0 aromatic heterocycles. The van der Waals surface area contributed by atoms with E-state index in [1.54, 1.807) is 0 Å². The number of hydrogen-bond donors (Lipinski definition) is 0. The summed E-state index contributed by atoms with van der Waals surface area (Å²) in [5.41, 5.74) is 0. The Labute approximate surface area is 151 Å². The third kappa shape index (κ3) is 3.45. The van der Waals surface area contributed by atoms with Crippen molar-refractivity contribution >= 4 is 28.8 Å². The second-order valence-corrected chi connectivity index (χ2v) is 11.3. The van der Waals surface area contributed by atoms with Gasteiger partial charge in [0.2, 0.25) is 7.38 Å². The minimum atomic E-state index is -2.23. The van der Waals surface area contributed by atoms with Crippen molar-refractivity contribution in [2.45, 2.75) is 25.8 Å². The smallest absolute Gasteiger partial charge is 0.154 e. The number of hydrogen-bond acceptors (Lipinski definition) is 0. The van der Waals surface area contributed by atoms with Crippen LogP contribution >= 0.6 is 11.1 Å². The number of halogens is 1. The van der Waals surface area contributed by atoms with Crippen molar-refractivity contribution in [1.82, 2.24) is 0 Å². The number of benzene rings is 2. The summed E-state index contributed by atoms with van der Waals surface area (Å²) in [5.74, 6) is 0.